The molecule has 0 amide bonds. The summed E-state index contributed by atoms with van der Waals surface area (Å²) in [5.41, 5.74) is 3.17. The first-order valence-corrected chi connectivity index (χ1v) is 7.66. The van der Waals surface area contributed by atoms with Crippen molar-refractivity contribution in [1.82, 2.24) is 0 Å². The molecule has 0 saturated heterocycles. The van der Waals surface area contributed by atoms with Crippen LogP contribution in [0.3, 0.4) is 0 Å². The van der Waals surface area contributed by atoms with Gasteiger partial charge in [0.2, 0.25) is 0 Å². The van der Waals surface area contributed by atoms with Crippen LogP contribution in [0.4, 0.5) is 11.4 Å². The fraction of sp³-hybridized carbons (Fsp3) is 0.211. The summed E-state index contributed by atoms with van der Waals surface area (Å²) in [5, 5.41) is 11.1. The van der Waals surface area contributed by atoms with Crippen LogP contribution in [0.15, 0.2) is 65.9 Å². The molecule has 0 atom stereocenters. The molecule has 0 aromatic heterocycles. The van der Waals surface area contributed by atoms with Crippen LogP contribution < -0.4 is 4.90 Å². The maximum absolute atomic E-state index is 11.9. The Bertz CT molecular complexity index is 857. The van der Waals surface area contributed by atoms with E-state index in [0.29, 0.717) is 5.57 Å². The number of non-ortho nitro benzene ring substituents is 1. The van der Waals surface area contributed by atoms with Crippen LogP contribution >= 0.6 is 0 Å². The Morgan fingerprint density at radius 2 is 1.88 bits per heavy atom. The van der Waals surface area contributed by atoms with E-state index in [1.807, 2.05) is 37.9 Å². The molecule has 1 aromatic carbocycles. The van der Waals surface area contributed by atoms with E-state index in [0.717, 1.165) is 16.9 Å². The maximum atomic E-state index is 11.9. The zero-order valence-corrected chi connectivity index (χ0v) is 13.8. The van der Waals surface area contributed by atoms with E-state index < -0.39 is 0 Å². The number of likely N-dealkylation sites (N-methyl/N-ethyl adjacent to an activating group) is 1. The Morgan fingerprint density at radius 1 is 1.17 bits per heavy atom. The topological polar surface area (TPSA) is 63.5 Å². The molecule has 1 heterocycles. The SMILES string of the molecule is CN1/C(=C/C=C2\C=CC=CC2=O)C(C)(C)c2cc([N+](=O)[O-])ccc21. The van der Waals surface area contributed by atoms with E-state index in [9.17, 15) is 14.9 Å². The van der Waals surface area contributed by atoms with Gasteiger partial charge < -0.3 is 4.90 Å². The third kappa shape index (κ3) is 2.48. The number of carbonyl (C=O) groups excluding carboxylic acids is 1. The fourth-order valence-electron chi connectivity index (χ4n) is 3.22. The number of anilines is 1. The highest BCUT2D eigenvalue weighted by Gasteiger charge is 2.39. The van der Waals surface area contributed by atoms with Gasteiger partial charge in [0.1, 0.15) is 0 Å². The van der Waals surface area contributed by atoms with Crippen LogP contribution in [0, 0.1) is 10.1 Å². The number of fused-ring (bicyclic) bond motifs is 1. The Morgan fingerprint density at radius 3 is 2.54 bits per heavy atom. The Labute approximate surface area is 140 Å². The molecule has 3 rings (SSSR count). The van der Waals surface area contributed by atoms with Crippen molar-refractivity contribution >= 4 is 17.2 Å². The monoisotopic (exact) mass is 322 g/mol. The number of hydrogen-bond acceptors (Lipinski definition) is 4. The van der Waals surface area contributed by atoms with Crippen LogP contribution in [0.25, 0.3) is 0 Å². The van der Waals surface area contributed by atoms with Crippen LogP contribution in [0.5, 0.6) is 0 Å². The van der Waals surface area contributed by atoms with Gasteiger partial charge in [-0.1, -0.05) is 32.1 Å². The van der Waals surface area contributed by atoms with Gasteiger partial charge in [0, 0.05) is 41.6 Å². The first-order chi connectivity index (χ1) is 11.3. The Balaban J connectivity index is 2.05. The summed E-state index contributed by atoms with van der Waals surface area (Å²) in [6, 6.07) is 4.93. The largest absolute Gasteiger partial charge is 0.347 e. The zero-order chi connectivity index (χ0) is 17.5. The van der Waals surface area contributed by atoms with Crippen LogP contribution in [-0.2, 0) is 10.2 Å². The first-order valence-electron chi connectivity index (χ1n) is 7.66. The molecular weight excluding hydrogens is 304 g/mol. The summed E-state index contributed by atoms with van der Waals surface area (Å²) in [6.07, 6.45) is 10.6. The minimum atomic E-state index is -0.384. The van der Waals surface area contributed by atoms with Gasteiger partial charge in [0.15, 0.2) is 5.78 Å². The average Bonchev–Trinajstić information content (AvgIpc) is 2.73. The van der Waals surface area contributed by atoms with E-state index in [-0.39, 0.29) is 21.8 Å². The molecule has 0 bridgehead atoms. The second kappa shape index (κ2) is 5.60. The molecule has 24 heavy (non-hydrogen) atoms. The molecule has 0 fully saturated rings. The first kappa shape index (κ1) is 15.9. The van der Waals surface area contributed by atoms with Crippen molar-refractivity contribution in [3.63, 3.8) is 0 Å². The number of ketones is 1. The van der Waals surface area contributed by atoms with Gasteiger partial charge in [-0.3, -0.25) is 14.9 Å². The van der Waals surface area contributed by atoms with Crippen LogP contribution in [0.2, 0.25) is 0 Å². The molecule has 5 nitrogen and oxygen atoms in total. The fourth-order valence-corrected chi connectivity index (χ4v) is 3.22. The highest BCUT2D eigenvalue weighted by atomic mass is 16.6. The number of nitro benzene ring substituents is 1. The highest BCUT2D eigenvalue weighted by Crippen LogP contribution is 2.48. The molecule has 122 valence electrons. The van der Waals surface area contributed by atoms with Crippen LogP contribution in [0.1, 0.15) is 19.4 Å². The number of hydrogen-bond donors (Lipinski definition) is 0. The summed E-state index contributed by atoms with van der Waals surface area (Å²) in [7, 11) is 1.93. The normalized spacial score (nSPS) is 21.6. The molecule has 0 saturated carbocycles. The van der Waals surface area contributed by atoms with Gasteiger partial charge in [-0.25, -0.2) is 0 Å². The molecule has 1 aliphatic carbocycles. The second-order valence-corrected chi connectivity index (χ2v) is 6.40. The van der Waals surface area contributed by atoms with E-state index >= 15 is 0 Å². The van der Waals surface area contributed by atoms with Crippen molar-refractivity contribution in [3.8, 4) is 0 Å². The number of allylic oxidation sites excluding steroid dienone is 8. The Kier molecular flexibility index (Phi) is 3.72. The quantitative estimate of drug-likeness (QED) is 0.471. The summed E-state index contributed by atoms with van der Waals surface area (Å²) in [4.78, 5) is 24.6. The Hall–Kier alpha value is -2.95. The number of nitrogens with zero attached hydrogens (tertiary/aromatic N) is 2. The molecule has 0 unspecified atom stereocenters. The molecule has 1 aliphatic heterocycles. The lowest BCUT2D eigenvalue weighted by Gasteiger charge is -2.23. The van der Waals surface area contributed by atoms with E-state index in [1.54, 1.807) is 30.4 Å². The van der Waals surface area contributed by atoms with Crippen molar-refractivity contribution < 1.29 is 9.72 Å². The van der Waals surface area contributed by atoms with Crippen LogP contribution in [-0.4, -0.2) is 17.8 Å². The zero-order valence-electron chi connectivity index (χ0n) is 13.8. The van der Waals surface area contributed by atoms with Gasteiger partial charge in [-0.2, -0.15) is 0 Å². The molecule has 0 spiro atoms. The predicted molar refractivity (Wildman–Crippen MR) is 94.0 cm³/mol. The molecular formula is C19H18N2O3. The lowest BCUT2D eigenvalue weighted by atomic mass is 9.83. The summed E-state index contributed by atoms with van der Waals surface area (Å²) < 4.78 is 0. The lowest BCUT2D eigenvalue weighted by molar-refractivity contribution is -0.384. The maximum Gasteiger partial charge on any atom is 0.269 e. The van der Waals surface area contributed by atoms with Crippen molar-refractivity contribution in [3.05, 3.63) is 81.6 Å². The van der Waals surface area contributed by atoms with E-state index in [1.165, 1.54) is 12.1 Å². The van der Waals surface area contributed by atoms with Gasteiger partial charge >= 0.3 is 0 Å². The summed E-state index contributed by atoms with van der Waals surface area (Å²) in [5.74, 6) is -0.0269. The molecule has 1 aromatic rings. The minimum absolute atomic E-state index is 0.0269. The summed E-state index contributed by atoms with van der Waals surface area (Å²) >= 11 is 0. The standard InChI is InChI=1S/C19H18N2O3/c1-19(2)15-12-14(21(23)24)9-10-16(15)20(3)18(19)11-8-13-6-4-5-7-17(13)22/h4-12H,1-3H3/b13-8+,18-11+. The number of nitro groups is 1. The minimum Gasteiger partial charge on any atom is -0.347 e. The average molecular weight is 322 g/mol. The van der Waals surface area contributed by atoms with Crippen molar-refractivity contribution in [1.29, 1.82) is 0 Å². The third-order valence-corrected chi connectivity index (χ3v) is 4.57. The van der Waals surface area contributed by atoms with E-state index in [2.05, 4.69) is 0 Å². The molecule has 5 heteroatoms. The summed E-state index contributed by atoms with van der Waals surface area (Å²) in [6.45, 7) is 4.06. The second-order valence-electron chi connectivity index (χ2n) is 6.40. The van der Waals surface area contributed by atoms with Gasteiger partial charge in [-0.05, 0) is 29.9 Å². The molecule has 2 aliphatic rings. The lowest BCUT2D eigenvalue weighted by Crippen LogP contribution is -2.22. The third-order valence-electron chi connectivity index (χ3n) is 4.57. The van der Waals surface area contributed by atoms with Gasteiger partial charge in [-0.15, -0.1) is 0 Å². The highest BCUT2D eigenvalue weighted by molar-refractivity contribution is 6.07. The van der Waals surface area contributed by atoms with Crippen molar-refractivity contribution in [2.45, 2.75) is 19.3 Å². The van der Waals surface area contributed by atoms with Crippen molar-refractivity contribution in [2.24, 2.45) is 0 Å². The smallest absolute Gasteiger partial charge is 0.269 e. The van der Waals surface area contributed by atoms with E-state index in [4.69, 9.17) is 0 Å². The molecule has 0 N–H and O–H groups in total. The number of benzene rings is 1. The van der Waals surface area contributed by atoms with Gasteiger partial charge in [0.25, 0.3) is 5.69 Å². The molecule has 0 radical (unpaired) electrons. The number of rotatable bonds is 2. The number of carbonyl (C=O) groups is 1. The predicted octanol–water partition coefficient (Wildman–Crippen LogP) is 3.83. The van der Waals surface area contributed by atoms with Crippen molar-refractivity contribution in [2.75, 3.05) is 11.9 Å². The van der Waals surface area contributed by atoms with Gasteiger partial charge in [0.05, 0.1) is 4.92 Å².